The monoisotopic (exact) mass is 282 g/mol. The summed E-state index contributed by atoms with van der Waals surface area (Å²) in [7, 11) is 1.52. The topological polar surface area (TPSA) is 104 Å². The van der Waals surface area contributed by atoms with Gasteiger partial charge in [-0.25, -0.2) is 9.69 Å². The second-order valence-corrected chi connectivity index (χ2v) is 4.47. The Hall–Kier alpha value is -2.22. The molecule has 1 fully saturated rings. The molecule has 1 aliphatic rings. The molecule has 8 nitrogen and oxygen atoms in total. The van der Waals surface area contributed by atoms with Gasteiger partial charge in [0.05, 0.1) is 0 Å². The second-order valence-electron chi connectivity index (χ2n) is 4.47. The number of imide groups is 2. The van der Waals surface area contributed by atoms with Crippen LogP contribution in [0.4, 0.5) is 4.79 Å². The molecular weight excluding hydrogens is 264 g/mol. The van der Waals surface area contributed by atoms with Crippen LogP contribution in [0, 0.1) is 0 Å². The van der Waals surface area contributed by atoms with Gasteiger partial charge in [-0.15, -0.1) is 6.58 Å². The summed E-state index contributed by atoms with van der Waals surface area (Å²) in [5, 5.41) is 0. The molecule has 5 amide bonds. The lowest BCUT2D eigenvalue weighted by Crippen LogP contribution is -2.46. The van der Waals surface area contributed by atoms with Crippen LogP contribution in [0.3, 0.4) is 0 Å². The van der Waals surface area contributed by atoms with E-state index in [-0.39, 0.29) is 19.1 Å². The first-order valence-electron chi connectivity index (χ1n) is 6.09. The summed E-state index contributed by atoms with van der Waals surface area (Å²) >= 11 is 0. The number of nitrogens with two attached hydrogens (primary N) is 1. The number of carbonyl (C=O) groups excluding carboxylic acids is 4. The molecule has 0 spiro atoms. The number of carbonyl (C=O) groups is 4. The lowest BCUT2D eigenvalue weighted by Gasteiger charge is -2.25. The van der Waals surface area contributed by atoms with Crippen LogP contribution in [-0.4, -0.2) is 71.2 Å². The number of likely N-dealkylation sites (N-methyl/N-ethyl adjacent to an activating group) is 1. The van der Waals surface area contributed by atoms with E-state index in [0.717, 1.165) is 4.90 Å². The molecule has 1 rings (SSSR count). The largest absolute Gasteiger partial charge is 0.340 e. The third kappa shape index (κ3) is 2.85. The molecule has 8 heteroatoms. The lowest BCUT2D eigenvalue weighted by molar-refractivity contribution is -0.144. The van der Waals surface area contributed by atoms with Crippen LogP contribution in [0.5, 0.6) is 0 Å². The predicted octanol–water partition coefficient (Wildman–Crippen LogP) is -1.23. The van der Waals surface area contributed by atoms with Crippen molar-refractivity contribution < 1.29 is 19.2 Å². The quantitative estimate of drug-likeness (QED) is 0.373. The van der Waals surface area contributed by atoms with Gasteiger partial charge in [0.1, 0.15) is 6.54 Å². The van der Waals surface area contributed by atoms with E-state index in [1.807, 2.05) is 0 Å². The van der Waals surface area contributed by atoms with Crippen molar-refractivity contribution in [2.75, 3.05) is 26.7 Å². The van der Waals surface area contributed by atoms with Crippen molar-refractivity contribution in [2.45, 2.75) is 13.0 Å². The van der Waals surface area contributed by atoms with Gasteiger partial charge < -0.3 is 10.6 Å². The van der Waals surface area contributed by atoms with E-state index < -0.39 is 30.3 Å². The zero-order valence-corrected chi connectivity index (χ0v) is 11.5. The summed E-state index contributed by atoms with van der Waals surface area (Å²) in [5.74, 6) is -2.41. The Kier molecular flexibility index (Phi) is 4.98. The van der Waals surface area contributed by atoms with E-state index in [2.05, 4.69) is 6.58 Å². The van der Waals surface area contributed by atoms with Crippen LogP contribution in [0.1, 0.15) is 6.92 Å². The molecule has 0 radical (unpaired) electrons. The third-order valence-corrected chi connectivity index (χ3v) is 3.14. The van der Waals surface area contributed by atoms with E-state index in [1.165, 1.54) is 18.0 Å². The molecule has 2 N–H and O–H groups in total. The average Bonchev–Trinajstić information content (AvgIpc) is 2.63. The van der Waals surface area contributed by atoms with Gasteiger partial charge in [-0.05, 0) is 6.92 Å². The van der Waals surface area contributed by atoms with E-state index in [9.17, 15) is 19.2 Å². The number of urea groups is 1. The van der Waals surface area contributed by atoms with E-state index in [0.29, 0.717) is 4.90 Å². The van der Waals surface area contributed by atoms with E-state index in [4.69, 9.17) is 5.73 Å². The number of hydrogen-bond acceptors (Lipinski definition) is 5. The Bertz CT molecular complexity index is 462. The fourth-order valence-electron chi connectivity index (χ4n) is 1.63. The number of nitrogens with zero attached hydrogens (tertiary/aromatic N) is 3. The predicted molar refractivity (Wildman–Crippen MR) is 70.3 cm³/mol. The summed E-state index contributed by atoms with van der Waals surface area (Å²) in [6.07, 6.45) is 1.33. The molecule has 0 aromatic rings. The van der Waals surface area contributed by atoms with Gasteiger partial charge in [-0.2, -0.15) is 0 Å². The van der Waals surface area contributed by atoms with Crippen molar-refractivity contribution in [1.29, 1.82) is 0 Å². The van der Waals surface area contributed by atoms with Gasteiger partial charge in [-0.3, -0.25) is 19.3 Å². The highest BCUT2D eigenvalue weighted by atomic mass is 16.2. The molecule has 1 heterocycles. The fourth-order valence-corrected chi connectivity index (χ4v) is 1.63. The van der Waals surface area contributed by atoms with Crippen molar-refractivity contribution in [2.24, 2.45) is 5.73 Å². The van der Waals surface area contributed by atoms with Gasteiger partial charge >= 0.3 is 17.8 Å². The Morgan fingerprint density at radius 1 is 1.35 bits per heavy atom. The normalized spacial score (nSPS) is 16.6. The Morgan fingerprint density at radius 2 is 1.90 bits per heavy atom. The van der Waals surface area contributed by atoms with Crippen LogP contribution in [0.15, 0.2) is 12.7 Å². The number of rotatable bonds is 6. The van der Waals surface area contributed by atoms with Crippen molar-refractivity contribution in [3.63, 3.8) is 0 Å². The maximum absolute atomic E-state index is 11.9. The molecule has 110 valence electrons. The van der Waals surface area contributed by atoms with Crippen LogP contribution in [-0.2, 0) is 14.4 Å². The van der Waals surface area contributed by atoms with Crippen molar-refractivity contribution >= 4 is 23.8 Å². The van der Waals surface area contributed by atoms with Crippen molar-refractivity contribution in [1.82, 2.24) is 14.7 Å². The van der Waals surface area contributed by atoms with Crippen LogP contribution >= 0.6 is 0 Å². The molecule has 0 aromatic heterocycles. The SMILES string of the molecule is C=CCN1C(=O)C(=O)N(CC(=O)N(C)C(C)CN)C1=O. The second kappa shape index (κ2) is 6.29. The fraction of sp³-hybridized carbons (Fsp3) is 0.500. The molecule has 20 heavy (non-hydrogen) atoms. The molecule has 1 aliphatic heterocycles. The minimum absolute atomic E-state index is 0.0663. The summed E-state index contributed by atoms with van der Waals surface area (Å²) in [6, 6.07) is -1.03. The van der Waals surface area contributed by atoms with E-state index in [1.54, 1.807) is 6.92 Å². The maximum atomic E-state index is 11.9. The molecule has 1 saturated heterocycles. The standard InChI is InChI=1S/C12H18N4O4/c1-4-5-15-10(18)11(19)16(12(15)20)7-9(17)14(3)8(2)6-13/h4,8H,1,5-7,13H2,2-3H3. The van der Waals surface area contributed by atoms with Crippen molar-refractivity contribution in [3.8, 4) is 0 Å². The Balaban J connectivity index is 2.80. The molecule has 1 atom stereocenters. The molecule has 0 bridgehead atoms. The van der Waals surface area contributed by atoms with Crippen LogP contribution in [0.25, 0.3) is 0 Å². The maximum Gasteiger partial charge on any atom is 0.335 e. The Morgan fingerprint density at radius 3 is 2.40 bits per heavy atom. The minimum Gasteiger partial charge on any atom is -0.340 e. The first-order valence-corrected chi connectivity index (χ1v) is 6.09. The zero-order valence-electron chi connectivity index (χ0n) is 11.5. The highest BCUT2D eigenvalue weighted by Gasteiger charge is 2.44. The highest BCUT2D eigenvalue weighted by Crippen LogP contribution is 2.12. The Labute approximate surface area is 116 Å². The summed E-state index contributed by atoms with van der Waals surface area (Å²) in [6.45, 7) is 4.85. The highest BCUT2D eigenvalue weighted by molar-refractivity contribution is 6.45. The molecule has 1 unspecified atom stereocenters. The first kappa shape index (κ1) is 15.8. The van der Waals surface area contributed by atoms with Crippen LogP contribution < -0.4 is 5.73 Å². The van der Waals surface area contributed by atoms with Gasteiger partial charge in [-0.1, -0.05) is 6.08 Å². The molecule has 0 saturated carbocycles. The smallest absolute Gasteiger partial charge is 0.335 e. The van der Waals surface area contributed by atoms with Gasteiger partial charge in [0.2, 0.25) is 5.91 Å². The first-order chi connectivity index (χ1) is 9.34. The molecular formula is C12H18N4O4. The molecule has 0 aromatic carbocycles. The minimum atomic E-state index is -1.00. The van der Waals surface area contributed by atoms with E-state index >= 15 is 0 Å². The lowest BCUT2D eigenvalue weighted by atomic mass is 10.3. The van der Waals surface area contributed by atoms with Crippen molar-refractivity contribution in [3.05, 3.63) is 12.7 Å². The summed E-state index contributed by atoms with van der Waals surface area (Å²) in [5.41, 5.74) is 5.44. The van der Waals surface area contributed by atoms with Gasteiger partial charge in [0, 0.05) is 26.2 Å². The summed E-state index contributed by atoms with van der Waals surface area (Å²) < 4.78 is 0. The molecule has 0 aliphatic carbocycles. The zero-order chi connectivity index (χ0) is 15.4. The number of hydrogen-bond donors (Lipinski definition) is 1. The van der Waals surface area contributed by atoms with Gasteiger partial charge in [0.25, 0.3) is 0 Å². The average molecular weight is 282 g/mol. The van der Waals surface area contributed by atoms with Gasteiger partial charge in [0.15, 0.2) is 0 Å². The van der Waals surface area contributed by atoms with Crippen LogP contribution in [0.2, 0.25) is 0 Å². The summed E-state index contributed by atoms with van der Waals surface area (Å²) in [4.78, 5) is 49.8. The number of amides is 5. The third-order valence-electron chi connectivity index (χ3n) is 3.14.